The fourth-order valence-electron chi connectivity index (χ4n) is 1.98. The fraction of sp³-hybridized carbons (Fsp3) is 0.286. The standard InChI is InChI=1S/C14H13BrClFS/c1-8-6-10(9(2)18-8)12(15)7-11-13(16)4-3-5-14(11)17/h3-6,12H,7H2,1-2H3. The number of rotatable bonds is 3. The van der Waals surface area contributed by atoms with Crippen molar-refractivity contribution >= 4 is 38.9 Å². The van der Waals surface area contributed by atoms with Gasteiger partial charge in [0, 0.05) is 25.2 Å². The summed E-state index contributed by atoms with van der Waals surface area (Å²) in [5.74, 6) is -0.239. The van der Waals surface area contributed by atoms with E-state index in [2.05, 4.69) is 35.8 Å². The maximum Gasteiger partial charge on any atom is 0.127 e. The van der Waals surface area contributed by atoms with Gasteiger partial charge in [-0.3, -0.25) is 0 Å². The minimum atomic E-state index is -0.239. The highest BCUT2D eigenvalue weighted by atomic mass is 79.9. The van der Waals surface area contributed by atoms with Crippen molar-refractivity contribution < 1.29 is 4.39 Å². The highest BCUT2D eigenvalue weighted by molar-refractivity contribution is 9.09. The van der Waals surface area contributed by atoms with Gasteiger partial charge in [-0.05, 0) is 44.0 Å². The molecule has 0 saturated carbocycles. The van der Waals surface area contributed by atoms with Crippen LogP contribution in [0.1, 0.15) is 25.7 Å². The summed E-state index contributed by atoms with van der Waals surface area (Å²) in [5, 5.41) is 0.490. The maximum absolute atomic E-state index is 13.7. The Morgan fingerprint density at radius 3 is 2.67 bits per heavy atom. The lowest BCUT2D eigenvalue weighted by atomic mass is 10.0. The molecule has 1 atom stereocenters. The number of thiophene rings is 1. The molecule has 0 N–H and O–H groups in total. The third-order valence-corrected chi connectivity index (χ3v) is 5.01. The van der Waals surface area contributed by atoms with Crippen LogP contribution >= 0.6 is 38.9 Å². The third-order valence-electron chi connectivity index (χ3n) is 2.86. The second-order valence-corrected chi connectivity index (χ2v) is 7.21. The Kier molecular flexibility index (Phi) is 4.46. The van der Waals surface area contributed by atoms with Crippen molar-refractivity contribution in [3.63, 3.8) is 0 Å². The molecule has 0 nitrogen and oxygen atoms in total. The lowest BCUT2D eigenvalue weighted by Crippen LogP contribution is -1.99. The first-order valence-corrected chi connectivity index (χ1v) is 7.74. The molecule has 2 aromatic rings. The van der Waals surface area contributed by atoms with E-state index in [1.54, 1.807) is 23.5 Å². The van der Waals surface area contributed by atoms with Crippen molar-refractivity contribution in [1.29, 1.82) is 0 Å². The van der Waals surface area contributed by atoms with Crippen molar-refractivity contribution in [2.24, 2.45) is 0 Å². The third kappa shape index (κ3) is 2.95. The van der Waals surface area contributed by atoms with Crippen LogP contribution < -0.4 is 0 Å². The Hall–Kier alpha value is -0.380. The monoisotopic (exact) mass is 346 g/mol. The first kappa shape index (κ1) is 14.0. The molecule has 4 heteroatoms. The Morgan fingerprint density at radius 2 is 2.11 bits per heavy atom. The lowest BCUT2D eigenvalue weighted by molar-refractivity contribution is 0.608. The molecule has 1 unspecified atom stereocenters. The average molecular weight is 348 g/mol. The lowest BCUT2D eigenvalue weighted by Gasteiger charge is -2.12. The largest absolute Gasteiger partial charge is 0.207 e. The molecule has 0 aliphatic carbocycles. The van der Waals surface area contributed by atoms with Gasteiger partial charge in [0.1, 0.15) is 5.82 Å². The summed E-state index contributed by atoms with van der Waals surface area (Å²) in [6, 6.07) is 6.95. The number of halogens is 3. The van der Waals surface area contributed by atoms with Crippen LogP contribution in [0.5, 0.6) is 0 Å². The number of benzene rings is 1. The minimum Gasteiger partial charge on any atom is -0.207 e. The number of hydrogen-bond donors (Lipinski definition) is 0. The van der Waals surface area contributed by atoms with Gasteiger partial charge in [0.25, 0.3) is 0 Å². The van der Waals surface area contributed by atoms with Gasteiger partial charge in [-0.15, -0.1) is 11.3 Å². The van der Waals surface area contributed by atoms with Gasteiger partial charge < -0.3 is 0 Å². The van der Waals surface area contributed by atoms with Crippen molar-refractivity contribution in [3.05, 3.63) is 56.0 Å². The molecule has 0 spiro atoms. The smallest absolute Gasteiger partial charge is 0.127 e. The zero-order chi connectivity index (χ0) is 13.3. The molecule has 2 rings (SSSR count). The predicted molar refractivity (Wildman–Crippen MR) is 80.6 cm³/mol. The van der Waals surface area contributed by atoms with E-state index in [0.29, 0.717) is 17.0 Å². The van der Waals surface area contributed by atoms with Crippen molar-refractivity contribution in [3.8, 4) is 0 Å². The molecular weight excluding hydrogens is 335 g/mol. The van der Waals surface area contributed by atoms with E-state index in [9.17, 15) is 4.39 Å². The highest BCUT2D eigenvalue weighted by Gasteiger charge is 2.17. The van der Waals surface area contributed by atoms with Gasteiger partial charge in [0.05, 0.1) is 0 Å². The van der Waals surface area contributed by atoms with Gasteiger partial charge in [-0.2, -0.15) is 0 Å². The van der Waals surface area contributed by atoms with Crippen LogP contribution in [0, 0.1) is 19.7 Å². The van der Waals surface area contributed by atoms with Gasteiger partial charge in [-0.1, -0.05) is 33.6 Å². The molecular formula is C14H13BrClFS. The molecule has 0 aliphatic rings. The number of aryl methyl sites for hydroxylation is 2. The van der Waals surface area contributed by atoms with E-state index >= 15 is 0 Å². The average Bonchev–Trinajstić information content (AvgIpc) is 2.63. The van der Waals surface area contributed by atoms with Crippen molar-refractivity contribution in [2.75, 3.05) is 0 Å². The van der Waals surface area contributed by atoms with Crippen LogP contribution in [0.25, 0.3) is 0 Å². The molecule has 1 heterocycles. The second kappa shape index (κ2) is 5.72. The van der Waals surface area contributed by atoms with Crippen LogP contribution in [-0.2, 0) is 6.42 Å². The fourth-order valence-corrected chi connectivity index (χ4v) is 4.16. The van der Waals surface area contributed by atoms with E-state index in [0.717, 1.165) is 0 Å². The van der Waals surface area contributed by atoms with E-state index in [1.165, 1.54) is 21.4 Å². The van der Waals surface area contributed by atoms with Crippen molar-refractivity contribution in [1.82, 2.24) is 0 Å². The van der Waals surface area contributed by atoms with E-state index in [4.69, 9.17) is 11.6 Å². The molecule has 0 amide bonds. The normalized spacial score (nSPS) is 12.7. The maximum atomic E-state index is 13.7. The van der Waals surface area contributed by atoms with Crippen LogP contribution in [0.3, 0.4) is 0 Å². The summed E-state index contributed by atoms with van der Waals surface area (Å²) >= 11 is 11.4. The number of hydrogen-bond acceptors (Lipinski definition) is 1. The first-order chi connectivity index (χ1) is 8.49. The second-order valence-electron chi connectivity index (χ2n) is 4.24. The molecule has 0 fully saturated rings. The Morgan fingerprint density at radius 1 is 1.39 bits per heavy atom. The van der Waals surface area contributed by atoms with E-state index in [-0.39, 0.29) is 10.6 Å². The minimum absolute atomic E-state index is 0.0943. The topological polar surface area (TPSA) is 0 Å². The zero-order valence-electron chi connectivity index (χ0n) is 10.1. The summed E-state index contributed by atoms with van der Waals surface area (Å²) < 4.78 is 13.7. The summed E-state index contributed by atoms with van der Waals surface area (Å²) in [7, 11) is 0. The number of alkyl halides is 1. The van der Waals surface area contributed by atoms with Crippen LogP contribution in [0.15, 0.2) is 24.3 Å². The molecule has 0 bridgehead atoms. The van der Waals surface area contributed by atoms with Gasteiger partial charge in [0.2, 0.25) is 0 Å². The summed E-state index contributed by atoms with van der Waals surface area (Å²) in [5.41, 5.74) is 1.79. The van der Waals surface area contributed by atoms with Crippen LogP contribution in [0.4, 0.5) is 4.39 Å². The van der Waals surface area contributed by atoms with Crippen LogP contribution in [-0.4, -0.2) is 0 Å². The Labute approximate surface area is 124 Å². The molecule has 18 heavy (non-hydrogen) atoms. The Balaban J connectivity index is 2.26. The summed E-state index contributed by atoms with van der Waals surface area (Å²) in [6.07, 6.45) is 0.558. The molecule has 1 aromatic carbocycles. The van der Waals surface area contributed by atoms with E-state index in [1.807, 2.05) is 0 Å². The van der Waals surface area contributed by atoms with Crippen molar-refractivity contribution in [2.45, 2.75) is 25.1 Å². The predicted octanol–water partition coefficient (Wildman–Crippen LogP) is 5.84. The molecule has 0 aliphatic heterocycles. The van der Waals surface area contributed by atoms with E-state index < -0.39 is 0 Å². The summed E-state index contributed by atoms with van der Waals surface area (Å²) in [4.78, 5) is 2.63. The molecule has 1 aromatic heterocycles. The van der Waals surface area contributed by atoms with Crippen LogP contribution in [0.2, 0.25) is 5.02 Å². The summed E-state index contributed by atoms with van der Waals surface area (Å²) in [6.45, 7) is 4.17. The molecule has 96 valence electrons. The van der Waals surface area contributed by atoms with Gasteiger partial charge >= 0.3 is 0 Å². The first-order valence-electron chi connectivity index (χ1n) is 5.63. The molecule has 0 saturated heterocycles. The van der Waals surface area contributed by atoms with Gasteiger partial charge in [0.15, 0.2) is 0 Å². The highest BCUT2D eigenvalue weighted by Crippen LogP contribution is 2.36. The quantitative estimate of drug-likeness (QED) is 0.612. The van der Waals surface area contributed by atoms with Gasteiger partial charge in [-0.25, -0.2) is 4.39 Å². The molecule has 0 radical (unpaired) electrons. The SMILES string of the molecule is Cc1cc(C(Br)Cc2c(F)cccc2Cl)c(C)s1. The zero-order valence-corrected chi connectivity index (χ0v) is 13.3. The Bertz CT molecular complexity index is 545.